The molecule has 0 saturated carbocycles. The molecular formula is C26H32F2N2O5. The van der Waals surface area contributed by atoms with Gasteiger partial charge < -0.3 is 29.5 Å². The lowest BCUT2D eigenvalue weighted by atomic mass is 9.92. The number of hydrogen-bond acceptors (Lipinski definition) is 6. The summed E-state index contributed by atoms with van der Waals surface area (Å²) in [5.74, 6) is -1.04. The maximum Gasteiger partial charge on any atom is 0.586 e. The molecule has 0 aliphatic carbocycles. The molecule has 0 aromatic heterocycles. The lowest BCUT2D eigenvalue weighted by Gasteiger charge is -2.37. The van der Waals surface area contributed by atoms with E-state index in [9.17, 15) is 18.7 Å². The predicted octanol–water partition coefficient (Wildman–Crippen LogP) is 6.12. The van der Waals surface area contributed by atoms with Gasteiger partial charge in [0.15, 0.2) is 11.5 Å². The van der Waals surface area contributed by atoms with Gasteiger partial charge in [0, 0.05) is 37.6 Å². The molecule has 7 nitrogen and oxygen atoms in total. The van der Waals surface area contributed by atoms with Crippen LogP contribution in [0.15, 0.2) is 36.4 Å². The molecule has 190 valence electrons. The van der Waals surface area contributed by atoms with Crippen molar-refractivity contribution in [2.75, 3.05) is 30.0 Å². The summed E-state index contributed by atoms with van der Waals surface area (Å²) >= 11 is 0. The fraction of sp³-hybridized carbons (Fsp3) is 0.500. The Hall–Kier alpha value is -3.07. The van der Waals surface area contributed by atoms with Crippen molar-refractivity contribution in [2.24, 2.45) is 0 Å². The van der Waals surface area contributed by atoms with E-state index in [1.54, 1.807) is 6.07 Å². The van der Waals surface area contributed by atoms with E-state index in [1.165, 1.54) is 12.1 Å². The van der Waals surface area contributed by atoms with E-state index in [4.69, 9.17) is 4.74 Å². The van der Waals surface area contributed by atoms with Gasteiger partial charge in [0.05, 0.1) is 17.8 Å². The van der Waals surface area contributed by atoms with Crippen molar-refractivity contribution in [2.45, 2.75) is 64.2 Å². The molecule has 2 aromatic rings. The molecule has 2 aliphatic heterocycles. The average Bonchev–Trinajstić information content (AvgIpc) is 3.14. The number of benzene rings is 2. The summed E-state index contributed by atoms with van der Waals surface area (Å²) in [6.45, 7) is 6.36. The summed E-state index contributed by atoms with van der Waals surface area (Å²) in [6, 6.07) is 10.9. The van der Waals surface area contributed by atoms with Crippen LogP contribution in [-0.4, -0.2) is 43.2 Å². The largest absolute Gasteiger partial charge is 0.586 e. The fourth-order valence-corrected chi connectivity index (χ4v) is 4.79. The normalized spacial score (nSPS) is 17.7. The van der Waals surface area contributed by atoms with Gasteiger partial charge in [-0.2, -0.15) is 0 Å². The van der Waals surface area contributed by atoms with Gasteiger partial charge in [-0.05, 0) is 61.4 Å². The van der Waals surface area contributed by atoms with E-state index in [2.05, 4.69) is 26.6 Å². The summed E-state index contributed by atoms with van der Waals surface area (Å²) in [6.07, 6.45) is -0.184. The Bertz CT molecular complexity index is 1040. The molecular weight excluding hydrogens is 458 g/mol. The second-order valence-corrected chi connectivity index (χ2v) is 8.97. The number of halogens is 2. The maximum atomic E-state index is 13.5. The van der Waals surface area contributed by atoms with Crippen molar-refractivity contribution in [1.82, 2.24) is 0 Å². The second-order valence-electron chi connectivity index (χ2n) is 8.97. The van der Waals surface area contributed by atoms with Crippen LogP contribution < -0.4 is 19.7 Å². The van der Waals surface area contributed by atoms with Crippen LogP contribution in [0.25, 0.3) is 0 Å². The van der Waals surface area contributed by atoms with Crippen molar-refractivity contribution in [1.29, 1.82) is 0 Å². The molecule has 2 aliphatic rings. The molecule has 2 N–H and O–H groups in total. The summed E-state index contributed by atoms with van der Waals surface area (Å²) in [7, 11) is 0. The minimum atomic E-state index is -3.68. The van der Waals surface area contributed by atoms with Gasteiger partial charge >= 0.3 is 12.3 Å². The molecule has 0 unspecified atom stereocenters. The van der Waals surface area contributed by atoms with E-state index in [-0.39, 0.29) is 23.8 Å². The number of carboxylic acid groups (broad SMARTS) is 1. The van der Waals surface area contributed by atoms with Crippen molar-refractivity contribution in [3.8, 4) is 11.5 Å². The number of carboxylic acids is 1. The zero-order valence-corrected chi connectivity index (χ0v) is 20.1. The minimum absolute atomic E-state index is 0.0168. The highest BCUT2D eigenvalue weighted by Crippen LogP contribution is 2.43. The highest BCUT2D eigenvalue weighted by molar-refractivity contribution is 5.78. The van der Waals surface area contributed by atoms with Crippen LogP contribution in [0.1, 0.15) is 57.4 Å². The van der Waals surface area contributed by atoms with Gasteiger partial charge in [-0.25, -0.2) is 0 Å². The molecule has 0 bridgehead atoms. The molecule has 0 radical (unpaired) electrons. The molecule has 2 aromatic carbocycles. The van der Waals surface area contributed by atoms with Crippen molar-refractivity contribution >= 4 is 23.0 Å². The van der Waals surface area contributed by atoms with Crippen LogP contribution in [0.5, 0.6) is 11.5 Å². The highest BCUT2D eigenvalue weighted by Gasteiger charge is 2.43. The molecule has 35 heavy (non-hydrogen) atoms. The van der Waals surface area contributed by atoms with Crippen LogP contribution in [0, 0.1) is 0 Å². The summed E-state index contributed by atoms with van der Waals surface area (Å²) in [5.41, 5.74) is 3.25. The SMILES string of the molecule is CCCN(c1ccc([C@@H](CC)CC(=O)O)cc1Nc1ccc2c(c1)OC(F)(F)O2)C1CCOCC1. The van der Waals surface area contributed by atoms with E-state index >= 15 is 0 Å². The Morgan fingerprint density at radius 1 is 1.14 bits per heavy atom. The summed E-state index contributed by atoms with van der Waals surface area (Å²) in [4.78, 5) is 13.8. The first-order valence-corrected chi connectivity index (χ1v) is 12.2. The first-order valence-electron chi connectivity index (χ1n) is 12.2. The van der Waals surface area contributed by atoms with Crippen LogP contribution in [0.2, 0.25) is 0 Å². The number of alkyl halides is 2. The third-order valence-electron chi connectivity index (χ3n) is 6.49. The Morgan fingerprint density at radius 2 is 1.89 bits per heavy atom. The average molecular weight is 491 g/mol. The predicted molar refractivity (Wildman–Crippen MR) is 129 cm³/mol. The zero-order valence-electron chi connectivity index (χ0n) is 20.1. The Morgan fingerprint density at radius 3 is 2.57 bits per heavy atom. The van der Waals surface area contributed by atoms with E-state index in [1.807, 2.05) is 25.1 Å². The number of anilines is 3. The number of ether oxygens (including phenoxy) is 3. The third kappa shape index (κ3) is 5.96. The summed E-state index contributed by atoms with van der Waals surface area (Å²) in [5, 5.41) is 12.8. The Kier molecular flexibility index (Phi) is 7.64. The van der Waals surface area contributed by atoms with Crippen LogP contribution >= 0.6 is 0 Å². The lowest BCUT2D eigenvalue weighted by Crippen LogP contribution is -2.40. The molecule has 4 rings (SSSR count). The molecule has 0 amide bonds. The van der Waals surface area contributed by atoms with Crippen molar-refractivity contribution in [3.63, 3.8) is 0 Å². The van der Waals surface area contributed by atoms with E-state index in [0.717, 1.165) is 42.7 Å². The number of nitrogens with zero attached hydrogens (tertiary/aromatic N) is 1. The van der Waals surface area contributed by atoms with Crippen LogP contribution in [-0.2, 0) is 9.53 Å². The molecule has 1 atom stereocenters. The number of nitrogens with one attached hydrogen (secondary N) is 1. The maximum absolute atomic E-state index is 13.5. The first-order chi connectivity index (χ1) is 16.8. The minimum Gasteiger partial charge on any atom is -0.481 e. The monoisotopic (exact) mass is 490 g/mol. The number of carbonyl (C=O) groups is 1. The standard InChI is InChI=1S/C26H32F2N2O5/c1-3-11-30(20-9-12-33-13-10-20)22-7-5-18(17(4-2)15-25(31)32)14-21(22)29-19-6-8-23-24(16-19)35-26(27,28)34-23/h5-8,14,16-17,20,29H,3-4,9-13,15H2,1-2H3,(H,31,32)/t17-/m0/s1. The zero-order chi connectivity index (χ0) is 25.0. The van der Waals surface area contributed by atoms with Gasteiger partial charge in [0.2, 0.25) is 0 Å². The molecule has 1 saturated heterocycles. The number of hydrogen-bond donors (Lipinski definition) is 2. The summed E-state index contributed by atoms with van der Waals surface area (Å²) < 4.78 is 41.7. The third-order valence-corrected chi connectivity index (χ3v) is 6.49. The molecule has 9 heteroatoms. The second kappa shape index (κ2) is 10.7. The van der Waals surface area contributed by atoms with Gasteiger partial charge in [-0.1, -0.05) is 19.9 Å². The molecule has 1 fully saturated rings. The number of fused-ring (bicyclic) bond motifs is 1. The fourth-order valence-electron chi connectivity index (χ4n) is 4.79. The smallest absolute Gasteiger partial charge is 0.481 e. The first kappa shape index (κ1) is 25.0. The van der Waals surface area contributed by atoms with Crippen molar-refractivity contribution in [3.05, 3.63) is 42.0 Å². The van der Waals surface area contributed by atoms with Crippen LogP contribution in [0.3, 0.4) is 0 Å². The van der Waals surface area contributed by atoms with Gasteiger partial charge in [-0.3, -0.25) is 4.79 Å². The molecule has 2 heterocycles. The van der Waals surface area contributed by atoms with Gasteiger partial charge in [-0.15, -0.1) is 8.78 Å². The quantitative estimate of drug-likeness (QED) is 0.416. The number of aliphatic carboxylic acids is 1. The van der Waals surface area contributed by atoms with Crippen LogP contribution in [0.4, 0.5) is 25.8 Å². The van der Waals surface area contributed by atoms with Crippen molar-refractivity contribution < 1.29 is 32.9 Å². The number of rotatable bonds is 10. The van der Waals surface area contributed by atoms with E-state index < -0.39 is 12.3 Å². The highest BCUT2D eigenvalue weighted by atomic mass is 19.3. The Balaban J connectivity index is 1.71. The lowest BCUT2D eigenvalue weighted by molar-refractivity contribution is -0.286. The van der Waals surface area contributed by atoms with Gasteiger partial charge in [0.25, 0.3) is 0 Å². The van der Waals surface area contributed by atoms with Gasteiger partial charge in [0.1, 0.15) is 0 Å². The molecule has 0 spiro atoms. The van der Waals surface area contributed by atoms with E-state index in [0.29, 0.717) is 31.4 Å². The Labute approximate surface area is 204 Å². The topological polar surface area (TPSA) is 80.3 Å².